The van der Waals surface area contributed by atoms with Gasteiger partial charge in [0.25, 0.3) is 0 Å². The summed E-state index contributed by atoms with van der Waals surface area (Å²) in [5.41, 5.74) is 1.97. The second-order valence-corrected chi connectivity index (χ2v) is 8.44. The van der Waals surface area contributed by atoms with Crippen LogP contribution in [0.2, 0.25) is 0 Å². The highest BCUT2D eigenvalue weighted by atomic mass is 32.1. The van der Waals surface area contributed by atoms with Crippen LogP contribution in [0, 0.1) is 5.92 Å². The molecule has 0 atom stereocenters. The van der Waals surface area contributed by atoms with Gasteiger partial charge >= 0.3 is 5.97 Å². The maximum atomic E-state index is 11.1. The first-order valence-corrected chi connectivity index (χ1v) is 10.7. The molecular formula is C23H24N2O3S. The van der Waals surface area contributed by atoms with Gasteiger partial charge in [-0.05, 0) is 54.7 Å². The number of benzene rings is 1. The van der Waals surface area contributed by atoms with Crippen LogP contribution in [0.1, 0.15) is 28.1 Å². The van der Waals surface area contributed by atoms with Crippen LogP contribution < -0.4 is 4.74 Å². The number of aromatic nitrogens is 1. The van der Waals surface area contributed by atoms with Crippen molar-refractivity contribution in [1.29, 1.82) is 0 Å². The lowest BCUT2D eigenvalue weighted by Crippen LogP contribution is -2.30. The zero-order chi connectivity index (χ0) is 20.1. The number of carbonyl (C=O) groups is 1. The molecule has 0 spiro atoms. The first kappa shape index (κ1) is 19.6. The molecule has 150 valence electrons. The third kappa shape index (κ3) is 5.65. The minimum Gasteiger partial charge on any atom is -0.492 e. The molecule has 1 aliphatic carbocycles. The van der Waals surface area contributed by atoms with E-state index in [1.54, 1.807) is 6.07 Å². The van der Waals surface area contributed by atoms with E-state index >= 15 is 0 Å². The van der Waals surface area contributed by atoms with Gasteiger partial charge in [-0.3, -0.25) is 9.88 Å². The van der Waals surface area contributed by atoms with Crippen LogP contribution in [0.25, 0.3) is 10.6 Å². The maximum absolute atomic E-state index is 11.1. The number of nitrogens with zero attached hydrogens (tertiary/aromatic N) is 2. The Morgan fingerprint density at radius 1 is 1.14 bits per heavy atom. The average Bonchev–Trinajstić information content (AvgIpc) is 3.40. The molecule has 1 N–H and O–H groups in total. The van der Waals surface area contributed by atoms with E-state index in [0.29, 0.717) is 11.5 Å². The Balaban J connectivity index is 1.35. The Morgan fingerprint density at radius 2 is 1.97 bits per heavy atom. The topological polar surface area (TPSA) is 62.7 Å². The molecule has 6 heteroatoms. The predicted molar refractivity (Wildman–Crippen MR) is 114 cm³/mol. The molecule has 0 aliphatic heterocycles. The van der Waals surface area contributed by atoms with Crippen molar-refractivity contribution in [2.24, 2.45) is 5.92 Å². The van der Waals surface area contributed by atoms with E-state index in [9.17, 15) is 4.79 Å². The zero-order valence-electron chi connectivity index (χ0n) is 16.2. The highest BCUT2D eigenvalue weighted by molar-refractivity contribution is 7.17. The number of carboxylic acid groups (broad SMARTS) is 1. The fourth-order valence-electron chi connectivity index (χ4n) is 3.22. The van der Waals surface area contributed by atoms with Gasteiger partial charge in [-0.25, -0.2) is 4.79 Å². The van der Waals surface area contributed by atoms with Crippen molar-refractivity contribution in [3.63, 3.8) is 0 Å². The van der Waals surface area contributed by atoms with E-state index in [-0.39, 0.29) is 0 Å². The fourth-order valence-corrected chi connectivity index (χ4v) is 4.04. The minimum absolute atomic E-state index is 0.333. The summed E-state index contributed by atoms with van der Waals surface area (Å²) in [7, 11) is 0. The van der Waals surface area contributed by atoms with Crippen molar-refractivity contribution in [2.75, 3.05) is 19.7 Å². The molecule has 0 unspecified atom stereocenters. The van der Waals surface area contributed by atoms with Gasteiger partial charge in [0.15, 0.2) is 0 Å². The monoisotopic (exact) mass is 408 g/mol. The molecule has 1 aromatic carbocycles. The van der Waals surface area contributed by atoms with E-state index in [1.807, 2.05) is 48.7 Å². The molecule has 29 heavy (non-hydrogen) atoms. The van der Waals surface area contributed by atoms with Gasteiger partial charge in [0, 0.05) is 25.8 Å². The summed E-state index contributed by atoms with van der Waals surface area (Å²) in [6.45, 7) is 3.47. The first-order chi connectivity index (χ1) is 14.2. The summed E-state index contributed by atoms with van der Waals surface area (Å²) in [5, 5.41) is 9.08. The Hall–Kier alpha value is -2.70. The lowest BCUT2D eigenvalue weighted by atomic mass is 10.2. The van der Waals surface area contributed by atoms with Gasteiger partial charge in [-0.1, -0.05) is 24.3 Å². The molecule has 0 bridgehead atoms. The van der Waals surface area contributed by atoms with Gasteiger partial charge in [-0.15, -0.1) is 11.3 Å². The molecule has 0 amide bonds. The smallest absolute Gasteiger partial charge is 0.345 e. The van der Waals surface area contributed by atoms with Crippen molar-refractivity contribution in [1.82, 2.24) is 9.88 Å². The van der Waals surface area contributed by atoms with Crippen molar-refractivity contribution >= 4 is 17.3 Å². The Morgan fingerprint density at radius 3 is 2.62 bits per heavy atom. The molecule has 5 nitrogen and oxygen atoms in total. The van der Waals surface area contributed by atoms with Crippen molar-refractivity contribution in [2.45, 2.75) is 19.4 Å². The summed E-state index contributed by atoms with van der Waals surface area (Å²) < 4.78 is 5.87. The third-order valence-electron chi connectivity index (χ3n) is 4.93. The summed E-state index contributed by atoms with van der Waals surface area (Å²) in [6.07, 6.45) is 4.53. The third-order valence-corrected chi connectivity index (χ3v) is 6.03. The first-order valence-electron chi connectivity index (χ1n) is 9.86. The lowest BCUT2D eigenvalue weighted by Gasteiger charge is -2.22. The second-order valence-electron chi connectivity index (χ2n) is 7.36. The van der Waals surface area contributed by atoms with Gasteiger partial charge in [0.2, 0.25) is 0 Å². The highest BCUT2D eigenvalue weighted by Crippen LogP contribution is 2.30. The van der Waals surface area contributed by atoms with Gasteiger partial charge < -0.3 is 9.84 Å². The number of hydrogen-bond donors (Lipinski definition) is 1. The van der Waals surface area contributed by atoms with Crippen LogP contribution in [0.5, 0.6) is 5.75 Å². The molecule has 0 saturated heterocycles. The summed E-state index contributed by atoms with van der Waals surface area (Å²) >= 11 is 1.25. The second kappa shape index (κ2) is 9.20. The number of pyridine rings is 1. The molecule has 2 aromatic heterocycles. The Kier molecular flexibility index (Phi) is 6.22. The largest absolute Gasteiger partial charge is 0.492 e. The Labute approximate surface area is 174 Å². The normalized spacial score (nSPS) is 13.6. The number of aromatic carboxylic acids is 1. The number of carboxylic acids is 1. The highest BCUT2D eigenvalue weighted by Gasteiger charge is 2.24. The molecule has 1 fully saturated rings. The van der Waals surface area contributed by atoms with Crippen LogP contribution in [0.3, 0.4) is 0 Å². The standard InChI is InChI=1S/C23H24N2O3S/c26-23(27)22-11-10-21(29-22)20-9-8-18(14-24-20)16-25(15-17-6-7-17)12-13-28-19-4-2-1-3-5-19/h1-5,8-11,14,17H,6-7,12-13,15-16H2,(H,26,27). The van der Waals surface area contributed by atoms with Gasteiger partial charge in [0.05, 0.1) is 10.6 Å². The van der Waals surface area contributed by atoms with E-state index < -0.39 is 5.97 Å². The van der Waals surface area contributed by atoms with Crippen LogP contribution in [0.15, 0.2) is 60.8 Å². The van der Waals surface area contributed by atoms with Crippen LogP contribution >= 0.6 is 11.3 Å². The van der Waals surface area contributed by atoms with Crippen molar-refractivity contribution in [3.05, 3.63) is 71.2 Å². The molecule has 0 radical (unpaired) electrons. The van der Waals surface area contributed by atoms with Crippen molar-refractivity contribution in [3.8, 4) is 16.3 Å². The molecule has 1 aliphatic rings. The maximum Gasteiger partial charge on any atom is 0.345 e. The van der Waals surface area contributed by atoms with Gasteiger partial charge in [-0.2, -0.15) is 0 Å². The molecule has 1 saturated carbocycles. The summed E-state index contributed by atoms with van der Waals surface area (Å²) in [4.78, 5) is 19.3. The molecule has 3 aromatic rings. The zero-order valence-corrected chi connectivity index (χ0v) is 17.0. The molecule has 4 rings (SSSR count). The fraction of sp³-hybridized carbons (Fsp3) is 0.304. The lowest BCUT2D eigenvalue weighted by molar-refractivity contribution is 0.0702. The Bertz CT molecular complexity index is 936. The number of ether oxygens (including phenoxy) is 1. The van der Waals surface area contributed by atoms with E-state index in [2.05, 4.69) is 16.0 Å². The van der Waals surface area contributed by atoms with E-state index in [1.165, 1.54) is 24.2 Å². The predicted octanol–water partition coefficient (Wildman–Crippen LogP) is 4.80. The van der Waals surface area contributed by atoms with E-state index in [4.69, 9.17) is 9.84 Å². The summed E-state index contributed by atoms with van der Waals surface area (Å²) in [6, 6.07) is 17.4. The number of thiophene rings is 1. The number of hydrogen-bond acceptors (Lipinski definition) is 5. The quantitative estimate of drug-likeness (QED) is 0.522. The van der Waals surface area contributed by atoms with E-state index in [0.717, 1.165) is 47.4 Å². The molecular weight excluding hydrogens is 384 g/mol. The van der Waals surface area contributed by atoms with Crippen molar-refractivity contribution < 1.29 is 14.6 Å². The number of para-hydroxylation sites is 1. The van der Waals surface area contributed by atoms with Crippen LogP contribution in [0.4, 0.5) is 0 Å². The summed E-state index contributed by atoms with van der Waals surface area (Å²) in [5.74, 6) is 0.812. The van der Waals surface area contributed by atoms with Gasteiger partial charge in [0.1, 0.15) is 17.2 Å². The average molecular weight is 409 g/mol. The molecule has 2 heterocycles. The minimum atomic E-state index is -0.897. The SMILES string of the molecule is O=C(O)c1ccc(-c2ccc(CN(CCOc3ccccc3)CC3CC3)cn2)s1. The number of rotatable bonds is 10. The van der Waals surface area contributed by atoms with Crippen LogP contribution in [-0.4, -0.2) is 40.7 Å². The van der Waals surface area contributed by atoms with Crippen LogP contribution in [-0.2, 0) is 6.54 Å².